The number of fused-ring (bicyclic) bond motifs is 5. The Labute approximate surface area is 177 Å². The van der Waals surface area contributed by atoms with Gasteiger partial charge in [-0.05, 0) is 68.5 Å². The molecule has 9 heteroatoms. The number of anilines is 1. The molecule has 8 nitrogen and oxygen atoms in total. The van der Waals surface area contributed by atoms with E-state index in [0.717, 1.165) is 24.2 Å². The molecule has 0 amide bonds. The molecule has 3 aliphatic carbocycles. The van der Waals surface area contributed by atoms with Crippen LogP contribution >= 0.6 is 0 Å². The summed E-state index contributed by atoms with van der Waals surface area (Å²) in [5, 5.41) is 15.2. The van der Waals surface area contributed by atoms with Crippen molar-refractivity contribution in [1.29, 1.82) is 0 Å². The highest BCUT2D eigenvalue weighted by Crippen LogP contribution is 2.59. The summed E-state index contributed by atoms with van der Waals surface area (Å²) in [7, 11) is -1.77. The maximum absolute atomic E-state index is 13.0. The molecule has 0 spiro atoms. The molecule has 2 bridgehead atoms. The van der Waals surface area contributed by atoms with Crippen molar-refractivity contribution in [3.05, 3.63) is 28.3 Å². The smallest absolute Gasteiger partial charge is 0.293 e. The van der Waals surface area contributed by atoms with Gasteiger partial charge in [0.1, 0.15) is 5.69 Å². The fourth-order valence-electron chi connectivity index (χ4n) is 6.56. The summed E-state index contributed by atoms with van der Waals surface area (Å²) in [4.78, 5) is 13.4. The van der Waals surface area contributed by atoms with E-state index < -0.39 is 14.9 Å². The lowest BCUT2D eigenvalue weighted by Crippen LogP contribution is -2.47. The summed E-state index contributed by atoms with van der Waals surface area (Å²) in [6.45, 7) is 2.13. The lowest BCUT2D eigenvalue weighted by atomic mass is 9.79. The lowest BCUT2D eigenvalue weighted by molar-refractivity contribution is -0.384. The zero-order valence-corrected chi connectivity index (χ0v) is 18.2. The molecule has 164 valence electrons. The van der Waals surface area contributed by atoms with Crippen molar-refractivity contribution in [1.82, 2.24) is 9.21 Å². The number of hydrogen-bond acceptors (Lipinski definition) is 6. The van der Waals surface area contributed by atoms with E-state index in [2.05, 4.69) is 10.2 Å². The van der Waals surface area contributed by atoms with Crippen LogP contribution in [0.15, 0.2) is 23.1 Å². The maximum atomic E-state index is 13.0. The molecule has 0 radical (unpaired) electrons. The molecule has 1 aromatic rings. The van der Waals surface area contributed by atoms with E-state index >= 15 is 0 Å². The van der Waals surface area contributed by atoms with Gasteiger partial charge < -0.3 is 10.2 Å². The summed E-state index contributed by atoms with van der Waals surface area (Å²) in [6.07, 6.45) is 6.25. The molecule has 3 saturated carbocycles. The highest BCUT2D eigenvalue weighted by molar-refractivity contribution is 7.89. The number of nitro benzene ring substituents is 1. The predicted molar refractivity (Wildman–Crippen MR) is 114 cm³/mol. The Bertz CT molecular complexity index is 944. The number of likely N-dealkylation sites (N-methyl/N-ethyl adjacent to an activating group) is 1. The Hall–Kier alpha value is -1.71. The topological polar surface area (TPSA) is 95.8 Å². The number of nitro groups is 1. The first kappa shape index (κ1) is 20.2. The standard InChI is InChI=1S/C21H30N4O4S/c1-23-7-9-24(10-8-23)30(28,29)15-5-6-19(21(13-15)25(26)27)22-20-12-14-11-18(20)17-4-2-3-16(14)17/h5-6,13-14,16-18,20,22H,2-4,7-12H2,1H3/t14-,16+,17+,18+,20-/m1/s1. The van der Waals surface area contributed by atoms with Crippen LogP contribution in [0, 0.1) is 33.8 Å². The summed E-state index contributed by atoms with van der Waals surface area (Å²) < 4.78 is 27.5. The number of nitrogens with zero attached hydrogens (tertiary/aromatic N) is 3. The normalized spacial score (nSPS) is 34.2. The van der Waals surface area contributed by atoms with Gasteiger partial charge in [0.2, 0.25) is 10.0 Å². The molecule has 4 fully saturated rings. The molecule has 1 aliphatic heterocycles. The highest BCUT2D eigenvalue weighted by atomic mass is 32.2. The van der Waals surface area contributed by atoms with Crippen molar-refractivity contribution >= 4 is 21.4 Å². The van der Waals surface area contributed by atoms with Crippen LogP contribution in [-0.4, -0.2) is 61.8 Å². The lowest BCUT2D eigenvalue weighted by Gasteiger charge is -2.33. The van der Waals surface area contributed by atoms with Gasteiger partial charge in [-0.25, -0.2) is 8.42 Å². The van der Waals surface area contributed by atoms with Gasteiger partial charge in [0.25, 0.3) is 5.69 Å². The van der Waals surface area contributed by atoms with Crippen molar-refractivity contribution in [3.63, 3.8) is 0 Å². The van der Waals surface area contributed by atoms with Crippen molar-refractivity contribution in [3.8, 4) is 0 Å². The summed E-state index contributed by atoms with van der Waals surface area (Å²) >= 11 is 0. The Balaban J connectivity index is 1.37. The van der Waals surface area contributed by atoms with Crippen molar-refractivity contribution in [2.45, 2.75) is 43.0 Å². The fourth-order valence-corrected chi connectivity index (χ4v) is 8.00. The zero-order valence-electron chi connectivity index (χ0n) is 17.4. The monoisotopic (exact) mass is 434 g/mol. The maximum Gasteiger partial charge on any atom is 0.293 e. The van der Waals surface area contributed by atoms with Gasteiger partial charge in [0, 0.05) is 38.3 Å². The molecule has 1 heterocycles. The number of hydrogen-bond donors (Lipinski definition) is 1. The minimum atomic E-state index is -3.73. The van der Waals surface area contributed by atoms with E-state index in [4.69, 9.17) is 0 Å². The molecule has 30 heavy (non-hydrogen) atoms. The zero-order chi connectivity index (χ0) is 21.0. The van der Waals surface area contributed by atoms with Gasteiger partial charge in [-0.2, -0.15) is 4.31 Å². The van der Waals surface area contributed by atoms with E-state index in [0.29, 0.717) is 37.8 Å². The molecule has 5 atom stereocenters. The van der Waals surface area contributed by atoms with Gasteiger partial charge in [0.05, 0.1) is 9.82 Å². The molecule has 5 rings (SSSR count). The number of sulfonamides is 1. The van der Waals surface area contributed by atoms with Gasteiger partial charge in [-0.3, -0.25) is 10.1 Å². The van der Waals surface area contributed by atoms with Crippen LogP contribution in [0.25, 0.3) is 0 Å². The van der Waals surface area contributed by atoms with E-state index in [1.54, 1.807) is 6.07 Å². The summed E-state index contributed by atoms with van der Waals surface area (Å²) in [5.74, 6) is 2.96. The molecule has 0 aromatic heterocycles. The molecular weight excluding hydrogens is 404 g/mol. The van der Waals surface area contributed by atoms with Crippen LogP contribution in [-0.2, 0) is 10.0 Å². The third-order valence-electron chi connectivity index (χ3n) is 8.04. The van der Waals surface area contributed by atoms with E-state index in [-0.39, 0.29) is 16.6 Å². The molecule has 0 unspecified atom stereocenters. The molecule has 1 aromatic carbocycles. The summed E-state index contributed by atoms with van der Waals surface area (Å²) in [6, 6.07) is 4.61. The second-order valence-electron chi connectivity index (χ2n) is 9.55. The van der Waals surface area contributed by atoms with Crippen LogP contribution in [0.5, 0.6) is 0 Å². The number of nitrogens with one attached hydrogen (secondary N) is 1. The fraction of sp³-hybridized carbons (Fsp3) is 0.714. The minimum Gasteiger partial charge on any atom is -0.376 e. The Morgan fingerprint density at radius 1 is 1.07 bits per heavy atom. The predicted octanol–water partition coefficient (Wildman–Crippen LogP) is 2.77. The average Bonchev–Trinajstić information content (AvgIpc) is 3.42. The minimum absolute atomic E-state index is 0.00750. The number of piperazine rings is 1. The van der Waals surface area contributed by atoms with Crippen molar-refractivity contribution < 1.29 is 13.3 Å². The van der Waals surface area contributed by atoms with Crippen LogP contribution in [0.2, 0.25) is 0 Å². The largest absolute Gasteiger partial charge is 0.376 e. The van der Waals surface area contributed by atoms with E-state index in [1.165, 1.54) is 42.1 Å². The number of benzene rings is 1. The third kappa shape index (κ3) is 3.31. The van der Waals surface area contributed by atoms with Gasteiger partial charge in [-0.15, -0.1) is 0 Å². The Kier molecular flexibility index (Phi) is 5.02. The number of rotatable bonds is 5. The SMILES string of the molecule is CN1CCN(S(=O)(=O)c2ccc(N[C@@H]3C[C@H]4C[C@H]3[C@H]3CCC[C@@H]43)c([N+](=O)[O-])c2)CC1. The molecule has 1 N–H and O–H groups in total. The second-order valence-corrected chi connectivity index (χ2v) is 11.5. The van der Waals surface area contributed by atoms with Gasteiger partial charge >= 0.3 is 0 Å². The third-order valence-corrected chi connectivity index (χ3v) is 9.93. The molecule has 1 saturated heterocycles. The van der Waals surface area contributed by atoms with E-state index in [9.17, 15) is 18.5 Å². The molecular formula is C21H30N4O4S. The van der Waals surface area contributed by atoms with E-state index in [1.807, 2.05) is 7.05 Å². The van der Waals surface area contributed by atoms with Crippen LogP contribution in [0.3, 0.4) is 0 Å². The van der Waals surface area contributed by atoms with Crippen LogP contribution in [0.1, 0.15) is 32.1 Å². The van der Waals surface area contributed by atoms with Gasteiger partial charge in [0.15, 0.2) is 0 Å². The van der Waals surface area contributed by atoms with Crippen LogP contribution in [0.4, 0.5) is 11.4 Å². The molecule has 4 aliphatic rings. The first-order valence-corrected chi connectivity index (χ1v) is 12.5. The van der Waals surface area contributed by atoms with Crippen molar-refractivity contribution in [2.75, 3.05) is 38.5 Å². The van der Waals surface area contributed by atoms with Crippen molar-refractivity contribution in [2.24, 2.45) is 23.7 Å². The highest BCUT2D eigenvalue weighted by Gasteiger charge is 2.53. The Morgan fingerprint density at radius 2 is 1.80 bits per heavy atom. The van der Waals surface area contributed by atoms with Crippen LogP contribution < -0.4 is 5.32 Å². The first-order valence-electron chi connectivity index (χ1n) is 11.1. The summed E-state index contributed by atoms with van der Waals surface area (Å²) in [5.41, 5.74) is 0.306. The first-order chi connectivity index (χ1) is 14.3. The van der Waals surface area contributed by atoms with Gasteiger partial charge in [-0.1, -0.05) is 6.42 Å². The quantitative estimate of drug-likeness (QED) is 0.566. The average molecular weight is 435 g/mol. The second kappa shape index (κ2) is 7.46. The Morgan fingerprint density at radius 3 is 2.53 bits per heavy atom.